The smallest absolute Gasteiger partial charge is 0.119 e. The summed E-state index contributed by atoms with van der Waals surface area (Å²) in [4.78, 5) is 0. The number of benzene rings is 1. The number of aliphatic hydroxyl groups is 1. The minimum atomic E-state index is -0.472. The molecule has 1 saturated carbocycles. The number of nitrogens with one attached hydrogen (secondary N) is 1. The highest BCUT2D eigenvalue weighted by Gasteiger charge is 2.18. The molecule has 0 saturated heterocycles. The molecule has 1 fully saturated rings. The van der Waals surface area contributed by atoms with Crippen molar-refractivity contribution in [2.24, 2.45) is 0 Å². The van der Waals surface area contributed by atoms with Crippen LogP contribution in [-0.2, 0) is 0 Å². The van der Waals surface area contributed by atoms with Gasteiger partial charge in [0.25, 0.3) is 0 Å². The molecule has 1 aromatic rings. The Labute approximate surface area is 116 Å². The van der Waals surface area contributed by atoms with Gasteiger partial charge in [0.2, 0.25) is 0 Å². The monoisotopic (exact) mass is 263 g/mol. The highest BCUT2D eigenvalue weighted by molar-refractivity contribution is 5.29. The van der Waals surface area contributed by atoms with E-state index < -0.39 is 6.10 Å². The number of hydrogen-bond donors (Lipinski definition) is 2. The quantitative estimate of drug-likeness (QED) is 0.829. The second-order valence-electron chi connectivity index (χ2n) is 5.38. The fourth-order valence-electron chi connectivity index (χ4n) is 2.66. The van der Waals surface area contributed by atoms with Crippen LogP contribution in [0.5, 0.6) is 5.75 Å². The normalized spacial score (nSPS) is 19.3. The molecule has 0 radical (unpaired) electrons. The highest BCUT2D eigenvalue weighted by Crippen LogP contribution is 2.25. The van der Waals surface area contributed by atoms with Crippen LogP contribution in [0.25, 0.3) is 0 Å². The van der Waals surface area contributed by atoms with E-state index in [1.54, 1.807) is 0 Å². The van der Waals surface area contributed by atoms with Crippen LogP contribution in [-0.4, -0.2) is 23.8 Å². The highest BCUT2D eigenvalue weighted by atomic mass is 16.5. The van der Waals surface area contributed by atoms with E-state index in [2.05, 4.69) is 5.32 Å². The zero-order valence-corrected chi connectivity index (χ0v) is 11.9. The molecule has 0 aromatic heterocycles. The lowest BCUT2D eigenvalue weighted by molar-refractivity contribution is 0.137. The van der Waals surface area contributed by atoms with Crippen LogP contribution >= 0.6 is 0 Å². The van der Waals surface area contributed by atoms with Crippen LogP contribution in [0.2, 0.25) is 0 Å². The molecule has 2 N–H and O–H groups in total. The molecular formula is C16H25NO2. The number of rotatable bonds is 6. The summed E-state index contributed by atoms with van der Waals surface area (Å²) in [5.41, 5.74) is 0.937. The van der Waals surface area contributed by atoms with Crippen LogP contribution in [0.3, 0.4) is 0 Å². The van der Waals surface area contributed by atoms with Crippen molar-refractivity contribution in [1.82, 2.24) is 5.32 Å². The summed E-state index contributed by atoms with van der Waals surface area (Å²) in [5.74, 6) is 0.916. The van der Waals surface area contributed by atoms with E-state index in [4.69, 9.17) is 4.74 Å². The Morgan fingerprint density at radius 2 is 1.89 bits per heavy atom. The number of aliphatic hydroxyl groups excluding tert-OH is 1. The molecule has 2 atom stereocenters. The SMILES string of the molecule is CCNC(C)C(O)c1ccc(OC2CCCC2)cc1. The van der Waals surface area contributed by atoms with Gasteiger partial charge in [-0.25, -0.2) is 0 Å². The summed E-state index contributed by atoms with van der Waals surface area (Å²) < 4.78 is 5.92. The van der Waals surface area contributed by atoms with E-state index in [0.717, 1.165) is 17.9 Å². The molecule has 3 nitrogen and oxygen atoms in total. The summed E-state index contributed by atoms with van der Waals surface area (Å²) >= 11 is 0. The van der Waals surface area contributed by atoms with Crippen molar-refractivity contribution in [2.45, 2.75) is 57.8 Å². The van der Waals surface area contributed by atoms with E-state index in [9.17, 15) is 5.11 Å². The summed E-state index contributed by atoms with van der Waals surface area (Å²) in [6.45, 7) is 4.90. The first-order valence-electron chi connectivity index (χ1n) is 7.38. The summed E-state index contributed by atoms with van der Waals surface area (Å²) in [5, 5.41) is 13.4. The molecule has 0 spiro atoms. The summed E-state index contributed by atoms with van der Waals surface area (Å²) in [6, 6.07) is 7.92. The molecule has 0 bridgehead atoms. The van der Waals surface area contributed by atoms with Crippen LogP contribution in [0.15, 0.2) is 24.3 Å². The van der Waals surface area contributed by atoms with Crippen molar-refractivity contribution < 1.29 is 9.84 Å². The zero-order valence-electron chi connectivity index (χ0n) is 11.9. The van der Waals surface area contributed by atoms with Gasteiger partial charge in [0.05, 0.1) is 12.2 Å². The second-order valence-corrected chi connectivity index (χ2v) is 5.38. The van der Waals surface area contributed by atoms with Gasteiger partial charge in [-0.3, -0.25) is 0 Å². The third-order valence-electron chi connectivity index (χ3n) is 3.83. The molecule has 1 aliphatic carbocycles. The molecule has 106 valence electrons. The molecule has 0 heterocycles. The molecule has 3 heteroatoms. The average molecular weight is 263 g/mol. The van der Waals surface area contributed by atoms with Crippen molar-refractivity contribution in [1.29, 1.82) is 0 Å². The third kappa shape index (κ3) is 3.95. The van der Waals surface area contributed by atoms with Gasteiger partial charge >= 0.3 is 0 Å². The molecule has 1 aliphatic rings. The summed E-state index contributed by atoms with van der Waals surface area (Å²) in [7, 11) is 0. The van der Waals surface area contributed by atoms with E-state index in [0.29, 0.717) is 6.10 Å². The standard InChI is InChI=1S/C16H25NO2/c1-3-17-12(2)16(18)13-8-10-15(11-9-13)19-14-6-4-5-7-14/h8-12,14,16-18H,3-7H2,1-2H3. The van der Waals surface area contributed by atoms with Gasteiger partial charge in [0, 0.05) is 6.04 Å². The molecule has 19 heavy (non-hydrogen) atoms. The lowest BCUT2D eigenvalue weighted by atomic mass is 10.0. The Morgan fingerprint density at radius 3 is 2.47 bits per heavy atom. The first-order valence-corrected chi connectivity index (χ1v) is 7.38. The maximum atomic E-state index is 10.2. The molecule has 0 amide bonds. The third-order valence-corrected chi connectivity index (χ3v) is 3.83. The van der Waals surface area contributed by atoms with Crippen molar-refractivity contribution in [3.05, 3.63) is 29.8 Å². The fourth-order valence-corrected chi connectivity index (χ4v) is 2.66. The number of hydrogen-bond acceptors (Lipinski definition) is 3. The van der Waals surface area contributed by atoms with E-state index in [1.165, 1.54) is 25.7 Å². The average Bonchev–Trinajstić information content (AvgIpc) is 2.92. The Bertz CT molecular complexity index is 371. The predicted molar refractivity (Wildman–Crippen MR) is 77.4 cm³/mol. The Balaban J connectivity index is 1.93. The van der Waals surface area contributed by atoms with Crippen LogP contribution in [0, 0.1) is 0 Å². The van der Waals surface area contributed by atoms with Gasteiger partial charge in [-0.2, -0.15) is 0 Å². The molecule has 1 aromatic carbocycles. The number of likely N-dealkylation sites (N-methyl/N-ethyl adjacent to an activating group) is 1. The van der Waals surface area contributed by atoms with Gasteiger partial charge in [-0.15, -0.1) is 0 Å². The summed E-state index contributed by atoms with van der Waals surface area (Å²) in [6.07, 6.45) is 4.81. The van der Waals surface area contributed by atoms with Gasteiger partial charge in [0.1, 0.15) is 5.75 Å². The van der Waals surface area contributed by atoms with Gasteiger partial charge in [-0.05, 0) is 56.8 Å². The van der Waals surface area contributed by atoms with Crippen molar-refractivity contribution in [3.63, 3.8) is 0 Å². The largest absolute Gasteiger partial charge is 0.490 e. The predicted octanol–water partition coefficient (Wildman–Crippen LogP) is 3.04. The first kappa shape index (κ1) is 14.4. The van der Waals surface area contributed by atoms with Crippen LogP contribution in [0.4, 0.5) is 0 Å². The minimum Gasteiger partial charge on any atom is -0.490 e. The zero-order chi connectivity index (χ0) is 13.7. The van der Waals surface area contributed by atoms with Gasteiger partial charge < -0.3 is 15.2 Å². The lowest BCUT2D eigenvalue weighted by Crippen LogP contribution is -2.31. The Hall–Kier alpha value is -1.06. The van der Waals surface area contributed by atoms with E-state index in [1.807, 2.05) is 38.1 Å². The van der Waals surface area contributed by atoms with Crippen molar-refractivity contribution in [2.75, 3.05) is 6.54 Å². The maximum Gasteiger partial charge on any atom is 0.119 e. The van der Waals surface area contributed by atoms with Gasteiger partial charge in [0.15, 0.2) is 0 Å². The van der Waals surface area contributed by atoms with E-state index >= 15 is 0 Å². The minimum absolute atomic E-state index is 0.0617. The van der Waals surface area contributed by atoms with E-state index in [-0.39, 0.29) is 6.04 Å². The molecule has 2 rings (SSSR count). The van der Waals surface area contributed by atoms with Crippen molar-refractivity contribution in [3.8, 4) is 5.75 Å². The second kappa shape index (κ2) is 6.92. The first-order chi connectivity index (χ1) is 9.20. The topological polar surface area (TPSA) is 41.5 Å². The van der Waals surface area contributed by atoms with Crippen LogP contribution in [0.1, 0.15) is 51.2 Å². The number of ether oxygens (including phenoxy) is 1. The van der Waals surface area contributed by atoms with Crippen molar-refractivity contribution >= 4 is 0 Å². The Kier molecular flexibility index (Phi) is 5.23. The van der Waals surface area contributed by atoms with Crippen LogP contribution < -0.4 is 10.1 Å². The Morgan fingerprint density at radius 1 is 1.26 bits per heavy atom. The van der Waals surface area contributed by atoms with Gasteiger partial charge in [-0.1, -0.05) is 19.1 Å². The molecule has 2 unspecified atom stereocenters. The fraction of sp³-hybridized carbons (Fsp3) is 0.625. The lowest BCUT2D eigenvalue weighted by Gasteiger charge is -2.20. The maximum absolute atomic E-state index is 10.2. The molecule has 0 aliphatic heterocycles. The molecular weight excluding hydrogens is 238 g/mol.